The van der Waals surface area contributed by atoms with Gasteiger partial charge in [-0.3, -0.25) is 0 Å². The number of hydrogen-bond donors (Lipinski definition) is 1. The third-order valence-electron chi connectivity index (χ3n) is 2.91. The Morgan fingerprint density at radius 3 is 2.93 bits per heavy atom. The molecule has 1 N–H and O–H groups in total. The number of allylic oxidation sites excluding steroid dienone is 1. The third-order valence-corrected chi connectivity index (χ3v) is 2.91. The van der Waals surface area contributed by atoms with E-state index in [1.54, 1.807) is 0 Å². The van der Waals surface area contributed by atoms with E-state index in [9.17, 15) is 0 Å². The highest BCUT2D eigenvalue weighted by molar-refractivity contribution is 5.10. The van der Waals surface area contributed by atoms with Gasteiger partial charge < -0.3 is 9.73 Å². The van der Waals surface area contributed by atoms with Gasteiger partial charge in [0, 0.05) is 6.04 Å². The van der Waals surface area contributed by atoms with Gasteiger partial charge in [0.25, 0.3) is 0 Å². The molecular formula is C13H19NO. The van der Waals surface area contributed by atoms with Crippen LogP contribution in [0, 0.1) is 6.92 Å². The highest BCUT2D eigenvalue weighted by Crippen LogP contribution is 2.19. The van der Waals surface area contributed by atoms with Crippen molar-refractivity contribution >= 4 is 0 Å². The maximum Gasteiger partial charge on any atom is 0.120 e. The van der Waals surface area contributed by atoms with Gasteiger partial charge in [0.05, 0.1) is 6.04 Å². The zero-order valence-corrected chi connectivity index (χ0v) is 9.49. The first-order valence-corrected chi connectivity index (χ1v) is 5.75. The summed E-state index contributed by atoms with van der Waals surface area (Å²) in [7, 11) is 0. The molecule has 0 radical (unpaired) electrons. The molecule has 0 saturated carbocycles. The van der Waals surface area contributed by atoms with Crippen molar-refractivity contribution < 1.29 is 4.42 Å². The second-order valence-corrected chi connectivity index (χ2v) is 4.30. The van der Waals surface area contributed by atoms with Crippen molar-refractivity contribution in [1.82, 2.24) is 5.32 Å². The smallest absolute Gasteiger partial charge is 0.120 e. The van der Waals surface area contributed by atoms with Crippen LogP contribution in [-0.2, 0) is 0 Å². The molecule has 0 bridgehead atoms. The van der Waals surface area contributed by atoms with Gasteiger partial charge in [0.15, 0.2) is 0 Å². The standard InChI is InChI=1S/C13H19NO/c1-10-8-9-13(15-10)11(2)14-12-6-4-3-5-7-12/h4,6,8-9,11-12,14H,3,5,7H2,1-2H3. The molecule has 2 heteroatoms. The molecule has 2 rings (SSSR count). The molecule has 0 aromatic carbocycles. The van der Waals surface area contributed by atoms with E-state index in [0.717, 1.165) is 11.5 Å². The van der Waals surface area contributed by atoms with Gasteiger partial charge in [-0.05, 0) is 45.2 Å². The average Bonchev–Trinajstić information content (AvgIpc) is 2.66. The molecule has 1 aromatic rings. The molecule has 0 amide bonds. The van der Waals surface area contributed by atoms with Gasteiger partial charge >= 0.3 is 0 Å². The summed E-state index contributed by atoms with van der Waals surface area (Å²) in [5, 5.41) is 3.57. The zero-order valence-electron chi connectivity index (χ0n) is 9.49. The number of hydrogen-bond acceptors (Lipinski definition) is 2. The van der Waals surface area contributed by atoms with Crippen LogP contribution in [0.4, 0.5) is 0 Å². The van der Waals surface area contributed by atoms with Crippen LogP contribution in [-0.4, -0.2) is 6.04 Å². The maximum atomic E-state index is 5.60. The van der Waals surface area contributed by atoms with Gasteiger partial charge in [0.2, 0.25) is 0 Å². The molecular weight excluding hydrogens is 186 g/mol. The first-order chi connectivity index (χ1) is 7.25. The number of furan rings is 1. The predicted octanol–water partition coefficient (Wildman–Crippen LogP) is 3.35. The second-order valence-electron chi connectivity index (χ2n) is 4.30. The Morgan fingerprint density at radius 2 is 2.33 bits per heavy atom. The largest absolute Gasteiger partial charge is 0.465 e. The Labute approximate surface area is 91.4 Å². The highest BCUT2D eigenvalue weighted by atomic mass is 16.3. The summed E-state index contributed by atoms with van der Waals surface area (Å²) >= 11 is 0. The molecule has 2 nitrogen and oxygen atoms in total. The van der Waals surface area contributed by atoms with Crippen molar-refractivity contribution in [1.29, 1.82) is 0 Å². The lowest BCUT2D eigenvalue weighted by atomic mass is 10.0. The monoisotopic (exact) mass is 205 g/mol. The molecule has 1 aliphatic rings. The molecule has 2 atom stereocenters. The molecule has 0 fully saturated rings. The lowest BCUT2D eigenvalue weighted by Gasteiger charge is -2.21. The van der Waals surface area contributed by atoms with Crippen LogP contribution in [0.3, 0.4) is 0 Å². The summed E-state index contributed by atoms with van der Waals surface area (Å²) in [5.74, 6) is 2.02. The van der Waals surface area contributed by atoms with Crippen LogP contribution in [0.5, 0.6) is 0 Å². The number of nitrogens with one attached hydrogen (secondary N) is 1. The van der Waals surface area contributed by atoms with Crippen LogP contribution in [0.25, 0.3) is 0 Å². The second kappa shape index (κ2) is 4.67. The third kappa shape index (κ3) is 2.72. The first-order valence-electron chi connectivity index (χ1n) is 5.75. The van der Waals surface area contributed by atoms with E-state index in [0.29, 0.717) is 12.1 Å². The number of aryl methyl sites for hydroxylation is 1. The highest BCUT2D eigenvalue weighted by Gasteiger charge is 2.14. The molecule has 1 aromatic heterocycles. The molecule has 15 heavy (non-hydrogen) atoms. The van der Waals surface area contributed by atoms with Crippen LogP contribution < -0.4 is 5.32 Å². The fourth-order valence-corrected chi connectivity index (χ4v) is 2.04. The molecule has 0 aliphatic heterocycles. The maximum absolute atomic E-state index is 5.60. The van der Waals surface area contributed by atoms with E-state index >= 15 is 0 Å². The minimum absolute atomic E-state index is 0.298. The van der Waals surface area contributed by atoms with Crippen molar-refractivity contribution in [3.8, 4) is 0 Å². The minimum atomic E-state index is 0.298. The summed E-state index contributed by atoms with van der Waals surface area (Å²) in [6.45, 7) is 4.14. The van der Waals surface area contributed by atoms with Crippen molar-refractivity contribution in [3.05, 3.63) is 35.8 Å². The Morgan fingerprint density at radius 1 is 1.47 bits per heavy atom. The summed E-state index contributed by atoms with van der Waals surface area (Å²) in [5.41, 5.74) is 0. The topological polar surface area (TPSA) is 25.2 Å². The quantitative estimate of drug-likeness (QED) is 0.765. The Hall–Kier alpha value is -1.02. The average molecular weight is 205 g/mol. The summed E-state index contributed by atoms with van der Waals surface area (Å²) in [6.07, 6.45) is 8.29. The lowest BCUT2D eigenvalue weighted by molar-refractivity contribution is 0.387. The van der Waals surface area contributed by atoms with Crippen LogP contribution in [0.2, 0.25) is 0 Å². The number of rotatable bonds is 3. The van der Waals surface area contributed by atoms with Crippen molar-refractivity contribution in [2.24, 2.45) is 0 Å². The van der Waals surface area contributed by atoms with Gasteiger partial charge in [-0.15, -0.1) is 0 Å². The molecule has 2 unspecified atom stereocenters. The van der Waals surface area contributed by atoms with Gasteiger partial charge in [-0.2, -0.15) is 0 Å². The molecule has 1 aliphatic carbocycles. The van der Waals surface area contributed by atoms with Crippen LogP contribution in [0.15, 0.2) is 28.7 Å². The summed E-state index contributed by atoms with van der Waals surface area (Å²) in [6, 6.07) is 4.88. The van der Waals surface area contributed by atoms with Gasteiger partial charge in [-0.1, -0.05) is 12.2 Å². The molecule has 82 valence electrons. The normalized spacial score (nSPS) is 22.9. The first kappa shape index (κ1) is 10.5. The predicted molar refractivity (Wildman–Crippen MR) is 61.8 cm³/mol. The Bertz CT molecular complexity index is 340. The molecule has 0 saturated heterocycles. The zero-order chi connectivity index (χ0) is 10.7. The van der Waals surface area contributed by atoms with Crippen molar-refractivity contribution in [3.63, 3.8) is 0 Å². The van der Waals surface area contributed by atoms with Crippen LogP contribution >= 0.6 is 0 Å². The van der Waals surface area contributed by atoms with Gasteiger partial charge in [-0.25, -0.2) is 0 Å². The van der Waals surface area contributed by atoms with E-state index < -0.39 is 0 Å². The SMILES string of the molecule is Cc1ccc(C(C)NC2C=CCCC2)o1. The summed E-state index contributed by atoms with van der Waals surface area (Å²) in [4.78, 5) is 0. The molecule has 0 spiro atoms. The van der Waals surface area contributed by atoms with E-state index in [2.05, 4.69) is 30.5 Å². The van der Waals surface area contributed by atoms with Crippen molar-refractivity contribution in [2.75, 3.05) is 0 Å². The van der Waals surface area contributed by atoms with E-state index in [1.165, 1.54) is 19.3 Å². The fourth-order valence-electron chi connectivity index (χ4n) is 2.04. The lowest BCUT2D eigenvalue weighted by Crippen LogP contribution is -2.30. The van der Waals surface area contributed by atoms with Gasteiger partial charge in [0.1, 0.15) is 11.5 Å². The fraction of sp³-hybridized carbons (Fsp3) is 0.538. The van der Waals surface area contributed by atoms with Crippen LogP contribution in [0.1, 0.15) is 43.7 Å². The van der Waals surface area contributed by atoms with Crippen molar-refractivity contribution in [2.45, 2.75) is 45.2 Å². The van der Waals surface area contributed by atoms with E-state index in [-0.39, 0.29) is 0 Å². The Balaban J connectivity index is 1.94. The summed E-state index contributed by atoms with van der Waals surface area (Å²) < 4.78 is 5.60. The minimum Gasteiger partial charge on any atom is -0.465 e. The molecule has 1 heterocycles. The van der Waals surface area contributed by atoms with E-state index in [1.807, 2.05) is 13.0 Å². The Kier molecular flexibility index (Phi) is 3.27. The van der Waals surface area contributed by atoms with E-state index in [4.69, 9.17) is 4.42 Å².